The van der Waals surface area contributed by atoms with E-state index in [0.29, 0.717) is 23.2 Å². The second-order valence-electron chi connectivity index (χ2n) is 6.14. The lowest BCUT2D eigenvalue weighted by Crippen LogP contribution is -2.15. The first-order valence-corrected chi connectivity index (χ1v) is 9.17. The van der Waals surface area contributed by atoms with Gasteiger partial charge in [-0.1, -0.05) is 31.0 Å². The van der Waals surface area contributed by atoms with E-state index in [1.54, 1.807) is 12.4 Å². The molecule has 1 aliphatic rings. The highest BCUT2D eigenvalue weighted by Gasteiger charge is 2.21. The van der Waals surface area contributed by atoms with Crippen LogP contribution in [0.2, 0.25) is 0 Å². The molecule has 1 N–H and O–H groups in total. The largest absolute Gasteiger partial charge is 0.502 e. The number of hydrogen-bond acceptors (Lipinski definition) is 6. The standard InChI is InChI=1S/C18H20N2O4S/c21-16-11-18(25-14-6-8-19-9-7-14)17(10-15(16)20(22)23)24-12-13-4-2-1-3-5-13/h6-11,13,21H,1-5,12H2. The Kier molecular flexibility index (Phi) is 5.75. The summed E-state index contributed by atoms with van der Waals surface area (Å²) in [5.74, 6) is 0.573. The van der Waals surface area contributed by atoms with E-state index >= 15 is 0 Å². The lowest BCUT2D eigenvalue weighted by Gasteiger charge is -2.22. The van der Waals surface area contributed by atoms with Crippen molar-refractivity contribution in [2.24, 2.45) is 5.92 Å². The summed E-state index contributed by atoms with van der Waals surface area (Å²) in [5.41, 5.74) is -0.335. The highest BCUT2D eigenvalue weighted by atomic mass is 32.2. The van der Waals surface area contributed by atoms with Crippen molar-refractivity contribution in [2.45, 2.75) is 41.9 Å². The maximum absolute atomic E-state index is 11.1. The lowest BCUT2D eigenvalue weighted by atomic mass is 9.90. The Hall–Kier alpha value is -2.28. The van der Waals surface area contributed by atoms with Crippen molar-refractivity contribution in [2.75, 3.05) is 6.61 Å². The Balaban J connectivity index is 1.83. The fourth-order valence-corrected chi connectivity index (χ4v) is 3.87. The molecule has 0 spiro atoms. The molecule has 0 saturated heterocycles. The van der Waals surface area contributed by atoms with Crippen LogP contribution in [0.1, 0.15) is 32.1 Å². The van der Waals surface area contributed by atoms with Crippen LogP contribution in [0, 0.1) is 16.0 Å². The number of benzene rings is 1. The molecular formula is C18H20N2O4S. The number of pyridine rings is 1. The molecule has 3 rings (SSSR count). The minimum absolute atomic E-state index is 0.335. The third-order valence-electron chi connectivity index (χ3n) is 4.31. The van der Waals surface area contributed by atoms with Crippen LogP contribution in [-0.2, 0) is 0 Å². The van der Waals surface area contributed by atoms with Gasteiger partial charge in [0, 0.05) is 23.4 Å². The Morgan fingerprint density at radius 3 is 2.64 bits per heavy atom. The van der Waals surface area contributed by atoms with Gasteiger partial charge in [-0.3, -0.25) is 15.1 Å². The zero-order valence-electron chi connectivity index (χ0n) is 13.8. The van der Waals surface area contributed by atoms with Crippen LogP contribution in [0.15, 0.2) is 46.5 Å². The summed E-state index contributed by atoms with van der Waals surface area (Å²) >= 11 is 1.39. The normalized spacial score (nSPS) is 15.0. The Labute approximate surface area is 150 Å². The highest BCUT2D eigenvalue weighted by molar-refractivity contribution is 7.99. The molecule has 0 amide bonds. The summed E-state index contributed by atoms with van der Waals surface area (Å²) < 4.78 is 5.94. The fraction of sp³-hybridized carbons (Fsp3) is 0.389. The number of phenolic OH excluding ortho intramolecular Hbond substituents is 1. The van der Waals surface area contributed by atoms with Crippen molar-refractivity contribution in [3.8, 4) is 11.5 Å². The zero-order valence-corrected chi connectivity index (χ0v) is 14.6. The highest BCUT2D eigenvalue weighted by Crippen LogP contribution is 2.42. The molecular weight excluding hydrogens is 340 g/mol. The van der Waals surface area contributed by atoms with Crippen LogP contribution in [0.5, 0.6) is 11.5 Å². The first-order valence-electron chi connectivity index (χ1n) is 8.35. The van der Waals surface area contributed by atoms with E-state index in [-0.39, 0.29) is 11.4 Å². The summed E-state index contributed by atoms with van der Waals surface area (Å²) in [4.78, 5) is 16.1. The molecule has 0 radical (unpaired) electrons. The molecule has 1 aromatic carbocycles. The van der Waals surface area contributed by atoms with Gasteiger partial charge in [0.25, 0.3) is 0 Å². The number of rotatable bonds is 6. The number of nitro benzene ring substituents is 1. The van der Waals surface area contributed by atoms with Crippen LogP contribution in [0.4, 0.5) is 5.69 Å². The van der Waals surface area contributed by atoms with Gasteiger partial charge in [0.15, 0.2) is 5.75 Å². The summed E-state index contributed by atoms with van der Waals surface area (Å²) in [6, 6.07) is 6.41. The van der Waals surface area contributed by atoms with Gasteiger partial charge < -0.3 is 9.84 Å². The van der Waals surface area contributed by atoms with E-state index in [4.69, 9.17) is 4.74 Å². The minimum Gasteiger partial charge on any atom is -0.502 e. The molecule has 0 bridgehead atoms. The molecule has 1 saturated carbocycles. The number of ether oxygens (including phenoxy) is 1. The minimum atomic E-state index is -0.594. The van der Waals surface area contributed by atoms with Crippen LogP contribution in [0.25, 0.3) is 0 Å². The lowest BCUT2D eigenvalue weighted by molar-refractivity contribution is -0.386. The van der Waals surface area contributed by atoms with Crippen molar-refractivity contribution in [1.82, 2.24) is 4.98 Å². The SMILES string of the molecule is O=[N+]([O-])c1cc(OCC2CCCCC2)c(Sc2ccncc2)cc1O. The summed E-state index contributed by atoms with van der Waals surface area (Å²) in [5, 5.41) is 21.1. The Morgan fingerprint density at radius 2 is 1.96 bits per heavy atom. The molecule has 1 aliphatic carbocycles. The monoisotopic (exact) mass is 360 g/mol. The van der Waals surface area contributed by atoms with E-state index < -0.39 is 4.92 Å². The topological polar surface area (TPSA) is 85.5 Å². The molecule has 2 aromatic rings. The van der Waals surface area contributed by atoms with Crippen LogP contribution >= 0.6 is 11.8 Å². The summed E-state index contributed by atoms with van der Waals surface area (Å²) in [6.45, 7) is 0.547. The average molecular weight is 360 g/mol. The zero-order chi connectivity index (χ0) is 17.6. The Bertz CT molecular complexity index is 733. The van der Waals surface area contributed by atoms with Gasteiger partial charge in [-0.15, -0.1) is 0 Å². The quantitative estimate of drug-likeness (QED) is 0.588. The van der Waals surface area contributed by atoms with E-state index in [0.717, 1.165) is 17.7 Å². The van der Waals surface area contributed by atoms with Gasteiger partial charge in [0.2, 0.25) is 0 Å². The van der Waals surface area contributed by atoms with Crippen molar-refractivity contribution >= 4 is 17.4 Å². The molecule has 1 heterocycles. The molecule has 0 aliphatic heterocycles. The van der Waals surface area contributed by atoms with Crippen LogP contribution in [-0.4, -0.2) is 21.6 Å². The smallest absolute Gasteiger partial charge is 0.314 e. The van der Waals surface area contributed by atoms with Gasteiger partial charge in [0.05, 0.1) is 22.5 Å². The van der Waals surface area contributed by atoms with E-state index in [2.05, 4.69) is 4.98 Å². The van der Waals surface area contributed by atoms with Gasteiger partial charge in [0.1, 0.15) is 5.75 Å². The first-order chi connectivity index (χ1) is 12.1. The summed E-state index contributed by atoms with van der Waals surface area (Å²) in [6.07, 6.45) is 9.31. The van der Waals surface area contributed by atoms with E-state index in [1.807, 2.05) is 12.1 Å². The summed E-state index contributed by atoms with van der Waals surface area (Å²) in [7, 11) is 0. The number of nitrogens with zero attached hydrogens (tertiary/aromatic N) is 2. The average Bonchev–Trinajstić information content (AvgIpc) is 2.62. The molecule has 0 atom stereocenters. The number of aromatic hydroxyl groups is 1. The van der Waals surface area contributed by atoms with Crippen LogP contribution in [0.3, 0.4) is 0 Å². The van der Waals surface area contributed by atoms with Gasteiger partial charge in [-0.05, 0) is 30.9 Å². The fourth-order valence-electron chi connectivity index (χ4n) is 2.97. The van der Waals surface area contributed by atoms with Crippen molar-refractivity contribution in [1.29, 1.82) is 0 Å². The Morgan fingerprint density at radius 1 is 1.24 bits per heavy atom. The molecule has 1 fully saturated rings. The number of phenols is 1. The van der Waals surface area contributed by atoms with E-state index in [9.17, 15) is 15.2 Å². The third-order valence-corrected chi connectivity index (χ3v) is 5.36. The second-order valence-corrected chi connectivity index (χ2v) is 7.26. The number of aromatic nitrogens is 1. The maximum atomic E-state index is 11.1. The second kappa shape index (κ2) is 8.20. The van der Waals surface area contributed by atoms with Crippen molar-refractivity contribution in [3.63, 3.8) is 0 Å². The van der Waals surface area contributed by atoms with Crippen molar-refractivity contribution < 1.29 is 14.8 Å². The molecule has 0 unspecified atom stereocenters. The van der Waals surface area contributed by atoms with Crippen molar-refractivity contribution in [3.05, 3.63) is 46.8 Å². The third kappa shape index (κ3) is 4.63. The molecule has 132 valence electrons. The van der Waals surface area contributed by atoms with Gasteiger partial charge >= 0.3 is 5.69 Å². The predicted molar refractivity (Wildman–Crippen MR) is 95.2 cm³/mol. The van der Waals surface area contributed by atoms with Crippen LogP contribution < -0.4 is 4.74 Å². The maximum Gasteiger partial charge on any atom is 0.314 e. The predicted octanol–water partition coefficient (Wildman–Crippen LogP) is 4.81. The van der Waals surface area contributed by atoms with E-state index in [1.165, 1.54) is 43.2 Å². The number of nitro groups is 1. The molecule has 7 heteroatoms. The molecule has 25 heavy (non-hydrogen) atoms. The first kappa shape index (κ1) is 17.5. The molecule has 6 nitrogen and oxygen atoms in total. The number of hydrogen-bond donors (Lipinski definition) is 1. The van der Waals surface area contributed by atoms with Gasteiger partial charge in [-0.25, -0.2) is 0 Å². The molecule has 1 aromatic heterocycles. The van der Waals surface area contributed by atoms with Gasteiger partial charge in [-0.2, -0.15) is 0 Å².